The van der Waals surface area contributed by atoms with Gasteiger partial charge in [0.05, 0.1) is 35.8 Å². The summed E-state index contributed by atoms with van der Waals surface area (Å²) in [5.74, 6) is -0.351. The first kappa shape index (κ1) is 30.3. The smallest absolute Gasteiger partial charge is 0.340 e. The van der Waals surface area contributed by atoms with Crippen LogP contribution in [0.2, 0.25) is 5.02 Å². The first-order valence-corrected chi connectivity index (χ1v) is 14.8. The highest BCUT2D eigenvalue weighted by Gasteiger charge is 2.37. The van der Waals surface area contributed by atoms with Crippen molar-refractivity contribution in [3.63, 3.8) is 0 Å². The van der Waals surface area contributed by atoms with E-state index in [1.165, 1.54) is 46.7 Å². The van der Waals surface area contributed by atoms with Gasteiger partial charge in [0.15, 0.2) is 0 Å². The average molecular weight is 599 g/mol. The summed E-state index contributed by atoms with van der Waals surface area (Å²) in [5.41, 5.74) is 1.55. The van der Waals surface area contributed by atoms with Gasteiger partial charge in [-0.15, -0.1) is 0 Å². The Morgan fingerprint density at radius 2 is 1.76 bits per heavy atom. The summed E-state index contributed by atoms with van der Waals surface area (Å²) in [6.45, 7) is 4.10. The van der Waals surface area contributed by atoms with Crippen LogP contribution in [-0.2, 0) is 42.2 Å². The lowest BCUT2D eigenvalue weighted by molar-refractivity contribution is -0.138. The molecule has 2 aromatic carbocycles. The van der Waals surface area contributed by atoms with Crippen LogP contribution in [0, 0.1) is 0 Å². The molecule has 1 aromatic heterocycles. The van der Waals surface area contributed by atoms with Gasteiger partial charge in [-0.3, -0.25) is 4.79 Å². The molecule has 0 saturated carbocycles. The van der Waals surface area contributed by atoms with E-state index in [9.17, 15) is 18.0 Å². The van der Waals surface area contributed by atoms with Crippen molar-refractivity contribution in [1.82, 2.24) is 9.21 Å². The van der Waals surface area contributed by atoms with Crippen molar-refractivity contribution in [2.45, 2.75) is 31.8 Å². The number of carbonyl (C=O) groups excluding carboxylic acids is 2. The van der Waals surface area contributed by atoms with Crippen molar-refractivity contribution in [3.8, 4) is 0 Å². The first-order valence-electron chi connectivity index (χ1n) is 12.9. The molecule has 0 fully saturated rings. The summed E-state index contributed by atoms with van der Waals surface area (Å²) in [4.78, 5) is 27.6. The van der Waals surface area contributed by atoms with E-state index >= 15 is 0 Å². The van der Waals surface area contributed by atoms with Crippen LogP contribution in [0.3, 0.4) is 0 Å². The largest absolute Gasteiger partial charge is 0.462 e. The van der Waals surface area contributed by atoms with Gasteiger partial charge >= 0.3 is 5.97 Å². The minimum Gasteiger partial charge on any atom is -0.462 e. The fourth-order valence-corrected chi connectivity index (χ4v) is 5.94. The molecule has 216 valence electrons. The quantitative estimate of drug-likeness (QED) is 0.212. The van der Waals surface area contributed by atoms with E-state index in [4.69, 9.17) is 25.5 Å². The number of furan rings is 1. The molecular formula is C30H31ClN2O7S. The number of sulfonamides is 1. The van der Waals surface area contributed by atoms with Crippen molar-refractivity contribution < 1.29 is 31.9 Å². The first-order chi connectivity index (χ1) is 19.6. The third-order valence-corrected chi connectivity index (χ3v) is 8.52. The molecule has 0 unspecified atom stereocenters. The fraction of sp³-hybridized carbons (Fsp3) is 0.267. The van der Waals surface area contributed by atoms with Crippen molar-refractivity contribution in [1.29, 1.82) is 0 Å². The third kappa shape index (κ3) is 6.97. The van der Waals surface area contributed by atoms with Crippen molar-refractivity contribution in [2.75, 3.05) is 26.9 Å². The molecule has 0 spiro atoms. The molecule has 1 aliphatic rings. The van der Waals surface area contributed by atoms with E-state index in [-0.39, 0.29) is 60.6 Å². The molecule has 4 rings (SSSR count). The Balaban J connectivity index is 1.65. The van der Waals surface area contributed by atoms with Crippen LogP contribution in [0.4, 0.5) is 0 Å². The number of amides is 1. The zero-order valence-electron chi connectivity index (χ0n) is 23.0. The Labute approximate surface area is 244 Å². The lowest BCUT2D eigenvalue weighted by atomic mass is 10.1. The molecule has 11 heteroatoms. The Kier molecular flexibility index (Phi) is 9.82. The highest BCUT2D eigenvalue weighted by atomic mass is 35.5. The number of hydrogen-bond donors (Lipinski definition) is 0. The molecule has 3 aromatic rings. The molecule has 1 amide bonds. The van der Waals surface area contributed by atoms with Gasteiger partial charge in [0.1, 0.15) is 11.5 Å². The number of allylic oxidation sites excluding steroid dienone is 1. The number of nitrogens with zero attached hydrogens (tertiary/aromatic N) is 2. The van der Waals surface area contributed by atoms with E-state index in [1.54, 1.807) is 26.0 Å². The SMILES string of the molecule is CCOC(=O)C1=C(C)N(CCOC)C(=O)/C1=C/c1ccc(CN(Cc2ccccc2)S(=O)(=O)c2ccc(Cl)cc2)o1. The van der Waals surface area contributed by atoms with Gasteiger partial charge in [-0.05, 0) is 61.9 Å². The van der Waals surface area contributed by atoms with Crippen LogP contribution >= 0.6 is 11.6 Å². The number of benzene rings is 2. The number of methoxy groups -OCH3 is 1. The van der Waals surface area contributed by atoms with Gasteiger partial charge in [-0.25, -0.2) is 13.2 Å². The van der Waals surface area contributed by atoms with Crippen LogP contribution in [0.1, 0.15) is 30.9 Å². The standard InChI is InChI=1S/C30H31ClN2O7S/c1-4-39-30(35)28-21(2)33(16-17-38-3)29(34)27(28)18-24-12-13-25(40-24)20-32(19-22-8-6-5-7-9-22)41(36,37)26-14-10-23(31)11-15-26/h5-15,18H,4,16-17,19-20H2,1-3H3/b27-18+. The predicted octanol–water partition coefficient (Wildman–Crippen LogP) is 5.03. The number of halogens is 1. The maximum Gasteiger partial charge on any atom is 0.340 e. The van der Waals surface area contributed by atoms with Crippen LogP contribution in [0.25, 0.3) is 6.08 Å². The second kappa shape index (κ2) is 13.3. The minimum atomic E-state index is -3.93. The highest BCUT2D eigenvalue weighted by Crippen LogP contribution is 2.32. The molecule has 1 aliphatic heterocycles. The number of rotatable bonds is 12. The fourth-order valence-electron chi connectivity index (χ4n) is 4.42. The summed E-state index contributed by atoms with van der Waals surface area (Å²) in [6.07, 6.45) is 1.48. The Morgan fingerprint density at radius 1 is 1.05 bits per heavy atom. The van der Waals surface area contributed by atoms with Gasteiger partial charge in [0.25, 0.3) is 5.91 Å². The summed E-state index contributed by atoms with van der Waals surface area (Å²) in [6, 6.07) is 18.5. The van der Waals surface area contributed by atoms with Crippen LogP contribution in [-0.4, -0.2) is 56.4 Å². The van der Waals surface area contributed by atoms with E-state index in [1.807, 2.05) is 30.3 Å². The van der Waals surface area contributed by atoms with Crippen LogP contribution in [0.15, 0.2) is 92.9 Å². The maximum atomic E-state index is 13.6. The molecule has 2 heterocycles. The van der Waals surface area contributed by atoms with Crippen molar-refractivity contribution >= 4 is 39.6 Å². The van der Waals surface area contributed by atoms with Crippen molar-refractivity contribution in [2.24, 2.45) is 0 Å². The molecule has 0 bridgehead atoms. The zero-order valence-corrected chi connectivity index (χ0v) is 24.6. The molecule has 0 atom stereocenters. The molecule has 41 heavy (non-hydrogen) atoms. The Bertz CT molecular complexity index is 1560. The zero-order chi connectivity index (χ0) is 29.6. The van der Waals surface area contributed by atoms with E-state index in [2.05, 4.69) is 0 Å². The molecule has 0 saturated heterocycles. The molecule has 0 radical (unpaired) electrons. The molecular weight excluding hydrogens is 568 g/mol. The number of carbonyl (C=O) groups is 2. The number of esters is 1. The lowest BCUT2D eigenvalue weighted by Crippen LogP contribution is -2.30. The summed E-state index contributed by atoms with van der Waals surface area (Å²) < 4.78 is 44.9. The Hall–Kier alpha value is -3.70. The number of hydrogen-bond acceptors (Lipinski definition) is 7. The van der Waals surface area contributed by atoms with Gasteiger partial charge in [-0.2, -0.15) is 4.31 Å². The van der Waals surface area contributed by atoms with Gasteiger partial charge < -0.3 is 18.8 Å². The summed E-state index contributed by atoms with van der Waals surface area (Å²) in [7, 11) is -2.40. The maximum absolute atomic E-state index is 13.6. The summed E-state index contributed by atoms with van der Waals surface area (Å²) >= 11 is 5.98. The minimum absolute atomic E-state index is 0.0729. The monoisotopic (exact) mass is 598 g/mol. The van der Waals surface area contributed by atoms with Crippen molar-refractivity contribution in [3.05, 3.63) is 106 Å². The molecule has 0 aliphatic carbocycles. The topological polar surface area (TPSA) is 106 Å². The third-order valence-electron chi connectivity index (χ3n) is 6.46. The average Bonchev–Trinajstić information content (AvgIpc) is 3.49. The highest BCUT2D eigenvalue weighted by molar-refractivity contribution is 7.89. The number of ether oxygens (including phenoxy) is 2. The summed E-state index contributed by atoms with van der Waals surface area (Å²) in [5, 5.41) is 0.427. The predicted molar refractivity (Wildman–Crippen MR) is 154 cm³/mol. The van der Waals surface area contributed by atoms with E-state index in [0.29, 0.717) is 16.5 Å². The molecule has 9 nitrogen and oxygen atoms in total. The van der Waals surface area contributed by atoms with E-state index in [0.717, 1.165) is 5.56 Å². The Morgan fingerprint density at radius 3 is 2.41 bits per heavy atom. The van der Waals surface area contributed by atoms with Gasteiger partial charge in [0.2, 0.25) is 10.0 Å². The lowest BCUT2D eigenvalue weighted by Gasteiger charge is -2.21. The van der Waals surface area contributed by atoms with E-state index < -0.39 is 16.0 Å². The van der Waals surface area contributed by atoms with Gasteiger partial charge in [-0.1, -0.05) is 41.9 Å². The second-order valence-electron chi connectivity index (χ2n) is 9.21. The van der Waals surface area contributed by atoms with Crippen LogP contribution in [0.5, 0.6) is 0 Å². The normalized spacial score (nSPS) is 14.9. The second-order valence-corrected chi connectivity index (χ2v) is 11.6. The molecule has 0 N–H and O–H groups in total. The van der Waals surface area contributed by atoms with Crippen LogP contribution < -0.4 is 0 Å². The van der Waals surface area contributed by atoms with Gasteiger partial charge in [0, 0.05) is 30.9 Å².